The van der Waals surface area contributed by atoms with Crippen LogP contribution in [0.25, 0.3) is 10.1 Å². The number of anilines is 1. The van der Waals surface area contributed by atoms with Crippen LogP contribution in [-0.4, -0.2) is 60.2 Å². The molecule has 7 heteroatoms. The molecule has 1 aliphatic heterocycles. The SMILES string of the molecule is C=C/C=C(\SC)C(=O)NC1CCC(CCN2CCN(c3nsc4ccccc34)CC2)CC1. The van der Waals surface area contributed by atoms with Gasteiger partial charge in [-0.1, -0.05) is 24.8 Å². The molecule has 32 heavy (non-hydrogen) atoms. The van der Waals surface area contributed by atoms with E-state index in [0.29, 0.717) is 6.04 Å². The molecule has 1 aromatic heterocycles. The van der Waals surface area contributed by atoms with Gasteiger partial charge in [0.2, 0.25) is 0 Å². The first-order valence-corrected chi connectivity index (χ1v) is 13.7. The first-order valence-electron chi connectivity index (χ1n) is 11.7. The van der Waals surface area contributed by atoms with Gasteiger partial charge in [-0.3, -0.25) is 9.69 Å². The van der Waals surface area contributed by atoms with Crippen molar-refractivity contribution < 1.29 is 4.79 Å². The summed E-state index contributed by atoms with van der Waals surface area (Å²) in [4.78, 5) is 18.2. The number of thioether (sulfide) groups is 1. The standard InChI is InChI=1S/C25H34N4OS2/c1-3-6-23(31-2)25(30)26-20-11-9-19(10-12-20)13-14-28-15-17-29(18-16-28)24-21-7-4-5-8-22(21)32-27-24/h3-8,19-20H,1,9-18H2,2H3,(H,26,30)/b23-6-. The van der Waals surface area contributed by atoms with Crippen LogP contribution in [0, 0.1) is 5.92 Å². The average Bonchev–Trinajstić information content (AvgIpc) is 3.26. The highest BCUT2D eigenvalue weighted by molar-refractivity contribution is 8.03. The Morgan fingerprint density at radius 2 is 1.97 bits per heavy atom. The molecule has 2 aliphatic rings. The van der Waals surface area contributed by atoms with Gasteiger partial charge >= 0.3 is 0 Å². The van der Waals surface area contributed by atoms with E-state index >= 15 is 0 Å². The van der Waals surface area contributed by atoms with E-state index in [1.165, 1.54) is 47.7 Å². The number of benzene rings is 1. The van der Waals surface area contributed by atoms with Gasteiger partial charge in [-0.25, -0.2) is 0 Å². The van der Waals surface area contributed by atoms with Crippen molar-refractivity contribution in [2.75, 3.05) is 43.9 Å². The maximum atomic E-state index is 12.4. The van der Waals surface area contributed by atoms with Crippen molar-refractivity contribution >= 4 is 45.1 Å². The predicted octanol–water partition coefficient (Wildman–Crippen LogP) is 4.92. The normalized spacial score (nSPS) is 22.8. The number of rotatable bonds is 8. The largest absolute Gasteiger partial charge is 0.353 e. The maximum absolute atomic E-state index is 12.4. The maximum Gasteiger partial charge on any atom is 0.257 e. The second kappa shape index (κ2) is 11.3. The third-order valence-corrected chi connectivity index (χ3v) is 8.36. The fraction of sp³-hybridized carbons (Fsp3) is 0.520. The third kappa shape index (κ3) is 5.74. The van der Waals surface area contributed by atoms with E-state index in [1.54, 1.807) is 23.7 Å². The predicted molar refractivity (Wildman–Crippen MR) is 139 cm³/mol. The molecule has 2 aromatic rings. The fourth-order valence-corrected chi connectivity index (χ4v) is 6.12. The highest BCUT2D eigenvalue weighted by Gasteiger charge is 2.25. The molecule has 4 rings (SSSR count). The molecule has 0 unspecified atom stereocenters. The summed E-state index contributed by atoms with van der Waals surface area (Å²) < 4.78 is 6.00. The molecule has 0 spiro atoms. The summed E-state index contributed by atoms with van der Waals surface area (Å²) in [6, 6.07) is 8.86. The van der Waals surface area contributed by atoms with Crippen LogP contribution < -0.4 is 10.2 Å². The fourth-order valence-electron chi connectivity index (χ4n) is 4.84. The number of nitrogens with one attached hydrogen (secondary N) is 1. The second-order valence-electron chi connectivity index (χ2n) is 8.78. The summed E-state index contributed by atoms with van der Waals surface area (Å²) in [5.41, 5.74) is 0. The third-order valence-electron chi connectivity index (χ3n) is 6.78. The molecular weight excluding hydrogens is 436 g/mol. The molecular formula is C25H34N4OS2. The zero-order valence-corrected chi connectivity index (χ0v) is 20.6. The zero-order chi connectivity index (χ0) is 22.3. The Balaban J connectivity index is 1.17. The smallest absolute Gasteiger partial charge is 0.257 e. The lowest BCUT2D eigenvalue weighted by Crippen LogP contribution is -2.47. The second-order valence-corrected chi connectivity index (χ2v) is 10.4. The van der Waals surface area contributed by atoms with E-state index < -0.39 is 0 Å². The Hall–Kier alpha value is -1.83. The highest BCUT2D eigenvalue weighted by atomic mass is 32.2. The van der Waals surface area contributed by atoms with Gasteiger partial charge in [0.15, 0.2) is 0 Å². The molecule has 0 radical (unpaired) electrons. The number of carbonyl (C=O) groups is 1. The Morgan fingerprint density at radius 3 is 2.69 bits per heavy atom. The van der Waals surface area contributed by atoms with E-state index in [1.807, 2.05) is 6.26 Å². The molecule has 2 heterocycles. The van der Waals surface area contributed by atoms with Gasteiger partial charge in [-0.15, -0.1) is 11.8 Å². The highest BCUT2D eigenvalue weighted by Crippen LogP contribution is 2.31. The van der Waals surface area contributed by atoms with Crippen LogP contribution in [0.3, 0.4) is 0 Å². The number of hydrogen-bond acceptors (Lipinski definition) is 6. The van der Waals surface area contributed by atoms with E-state index in [0.717, 1.165) is 55.7 Å². The molecule has 1 amide bonds. The summed E-state index contributed by atoms with van der Waals surface area (Å²) in [6.45, 7) is 9.23. The van der Waals surface area contributed by atoms with Gasteiger partial charge in [0.05, 0.1) is 9.61 Å². The molecule has 1 saturated carbocycles. The van der Waals surface area contributed by atoms with Crippen molar-refractivity contribution in [3.8, 4) is 0 Å². The monoisotopic (exact) mass is 470 g/mol. The quantitative estimate of drug-likeness (QED) is 0.438. The van der Waals surface area contributed by atoms with Gasteiger partial charge in [0, 0.05) is 37.6 Å². The average molecular weight is 471 g/mol. The van der Waals surface area contributed by atoms with Crippen LogP contribution in [0.4, 0.5) is 5.82 Å². The van der Waals surface area contributed by atoms with Crippen LogP contribution in [0.1, 0.15) is 32.1 Å². The minimum atomic E-state index is 0.0478. The molecule has 1 aromatic carbocycles. The summed E-state index contributed by atoms with van der Waals surface area (Å²) in [6.07, 6.45) is 11.3. The summed E-state index contributed by atoms with van der Waals surface area (Å²) in [7, 11) is 0. The van der Waals surface area contributed by atoms with Crippen LogP contribution in [0.5, 0.6) is 0 Å². The van der Waals surface area contributed by atoms with Gasteiger partial charge in [0.1, 0.15) is 5.82 Å². The van der Waals surface area contributed by atoms with Gasteiger partial charge in [-0.2, -0.15) is 4.37 Å². The van der Waals surface area contributed by atoms with E-state index in [9.17, 15) is 4.79 Å². The first kappa shape index (κ1) is 23.3. The van der Waals surface area contributed by atoms with E-state index in [4.69, 9.17) is 4.37 Å². The molecule has 1 saturated heterocycles. The Kier molecular flexibility index (Phi) is 8.27. The van der Waals surface area contributed by atoms with E-state index in [2.05, 4.69) is 46.0 Å². The number of piperazine rings is 1. The van der Waals surface area contributed by atoms with Crippen molar-refractivity contribution in [1.29, 1.82) is 0 Å². The molecule has 5 nitrogen and oxygen atoms in total. The number of hydrogen-bond donors (Lipinski definition) is 1. The number of fused-ring (bicyclic) bond motifs is 1. The van der Waals surface area contributed by atoms with Crippen molar-refractivity contribution in [3.63, 3.8) is 0 Å². The molecule has 1 aliphatic carbocycles. The van der Waals surface area contributed by atoms with Crippen LogP contribution in [-0.2, 0) is 4.79 Å². The van der Waals surface area contributed by atoms with Crippen molar-refractivity contribution in [2.24, 2.45) is 5.92 Å². The number of aromatic nitrogens is 1. The number of nitrogens with zero attached hydrogens (tertiary/aromatic N) is 3. The minimum absolute atomic E-state index is 0.0478. The molecule has 0 atom stereocenters. The van der Waals surface area contributed by atoms with Crippen molar-refractivity contribution in [2.45, 2.75) is 38.1 Å². The molecule has 2 fully saturated rings. The van der Waals surface area contributed by atoms with Crippen molar-refractivity contribution in [3.05, 3.63) is 47.9 Å². The molecule has 1 N–H and O–H groups in total. The van der Waals surface area contributed by atoms with Crippen LogP contribution >= 0.6 is 23.3 Å². The Bertz CT molecular complexity index is 940. The van der Waals surface area contributed by atoms with Crippen LogP contribution in [0.15, 0.2) is 47.9 Å². The lowest BCUT2D eigenvalue weighted by atomic mass is 9.84. The lowest BCUT2D eigenvalue weighted by Gasteiger charge is -2.36. The van der Waals surface area contributed by atoms with Crippen LogP contribution in [0.2, 0.25) is 0 Å². The Morgan fingerprint density at radius 1 is 1.22 bits per heavy atom. The first-order chi connectivity index (χ1) is 15.7. The van der Waals surface area contributed by atoms with E-state index in [-0.39, 0.29) is 5.91 Å². The summed E-state index contributed by atoms with van der Waals surface area (Å²) >= 11 is 3.09. The summed E-state index contributed by atoms with van der Waals surface area (Å²) in [5.74, 6) is 2.00. The van der Waals surface area contributed by atoms with Gasteiger partial charge in [-0.05, 0) is 80.6 Å². The zero-order valence-electron chi connectivity index (χ0n) is 19.0. The number of amides is 1. The number of carbonyl (C=O) groups excluding carboxylic acids is 1. The lowest BCUT2D eigenvalue weighted by molar-refractivity contribution is -0.117. The minimum Gasteiger partial charge on any atom is -0.353 e. The van der Waals surface area contributed by atoms with Gasteiger partial charge in [0.25, 0.3) is 5.91 Å². The summed E-state index contributed by atoms with van der Waals surface area (Å²) in [5, 5.41) is 4.51. The molecule has 172 valence electrons. The number of allylic oxidation sites excluding steroid dienone is 2. The molecule has 0 bridgehead atoms. The topological polar surface area (TPSA) is 48.5 Å². The Labute approximate surface area is 200 Å². The van der Waals surface area contributed by atoms with Gasteiger partial charge < -0.3 is 10.2 Å². The van der Waals surface area contributed by atoms with Crippen molar-refractivity contribution in [1.82, 2.24) is 14.6 Å².